The van der Waals surface area contributed by atoms with Gasteiger partial charge in [-0.1, -0.05) is 23.4 Å². The number of benzene rings is 1. The number of carbonyl (C=O) groups is 1. The van der Waals surface area contributed by atoms with E-state index in [1.807, 2.05) is 4.90 Å². The van der Waals surface area contributed by atoms with E-state index in [1.165, 1.54) is 18.9 Å². The number of halogens is 1. The number of thioether (sulfide) groups is 1. The molecule has 1 amide bonds. The first-order chi connectivity index (χ1) is 10.9. The summed E-state index contributed by atoms with van der Waals surface area (Å²) in [5.74, 6) is -0.230. The number of fused-ring (bicyclic) bond motifs is 1. The zero-order valence-electron chi connectivity index (χ0n) is 12.3. The van der Waals surface area contributed by atoms with Gasteiger partial charge in [-0.15, -0.1) is 0 Å². The van der Waals surface area contributed by atoms with Gasteiger partial charge in [-0.05, 0) is 24.3 Å². The number of amides is 1. The minimum Gasteiger partial charge on any atom is -0.375 e. The Bertz CT molecular complexity index is 749. The first-order valence-electron chi connectivity index (χ1n) is 6.92. The van der Waals surface area contributed by atoms with Crippen LogP contribution in [0, 0.1) is 0 Å². The maximum Gasteiger partial charge on any atom is 0.274 e. The molecule has 124 valence electrons. The lowest BCUT2D eigenvalue weighted by atomic mass is 10.2. The molecule has 2 aliphatic rings. The second-order valence-corrected chi connectivity index (χ2v) is 9.16. The maximum absolute atomic E-state index is 11.9. The van der Waals surface area contributed by atoms with Crippen LogP contribution < -0.4 is 4.90 Å². The van der Waals surface area contributed by atoms with Crippen LogP contribution in [0.2, 0.25) is 5.02 Å². The van der Waals surface area contributed by atoms with Crippen molar-refractivity contribution in [1.29, 1.82) is 0 Å². The SMILES string of the molecule is COCC(=O)N=C1S[C@@H]2CS(=O)(=O)C[C@@H]2N1c1ccc(Cl)cc1. The van der Waals surface area contributed by atoms with Gasteiger partial charge in [0.25, 0.3) is 5.91 Å². The summed E-state index contributed by atoms with van der Waals surface area (Å²) >= 11 is 7.25. The Hall–Kier alpha value is -1.09. The molecule has 2 saturated heterocycles. The molecule has 0 bridgehead atoms. The lowest BCUT2D eigenvalue weighted by molar-refractivity contribution is -0.121. The Morgan fingerprint density at radius 3 is 2.74 bits per heavy atom. The van der Waals surface area contributed by atoms with Crippen molar-refractivity contribution in [3.8, 4) is 0 Å². The van der Waals surface area contributed by atoms with Gasteiger partial charge in [-0.3, -0.25) is 4.79 Å². The fourth-order valence-electron chi connectivity index (χ4n) is 2.73. The number of ether oxygens (including phenoxy) is 1. The largest absolute Gasteiger partial charge is 0.375 e. The molecule has 2 fully saturated rings. The molecule has 23 heavy (non-hydrogen) atoms. The number of hydrogen-bond acceptors (Lipinski definition) is 5. The molecule has 0 radical (unpaired) electrons. The average Bonchev–Trinajstić information content (AvgIpc) is 2.91. The summed E-state index contributed by atoms with van der Waals surface area (Å²) < 4.78 is 28.6. The quantitative estimate of drug-likeness (QED) is 0.799. The smallest absolute Gasteiger partial charge is 0.274 e. The summed E-state index contributed by atoms with van der Waals surface area (Å²) in [6, 6.07) is 6.83. The summed E-state index contributed by atoms with van der Waals surface area (Å²) in [4.78, 5) is 17.7. The molecule has 0 unspecified atom stereocenters. The topological polar surface area (TPSA) is 76.0 Å². The summed E-state index contributed by atoms with van der Waals surface area (Å²) in [6.07, 6.45) is 0. The molecule has 0 saturated carbocycles. The predicted molar refractivity (Wildman–Crippen MR) is 92.1 cm³/mol. The third-order valence-corrected chi connectivity index (χ3v) is 7.12. The second kappa shape index (κ2) is 6.43. The molecule has 0 aromatic heterocycles. The first kappa shape index (κ1) is 16.8. The molecule has 0 spiro atoms. The number of methoxy groups -OCH3 is 1. The highest BCUT2D eigenvalue weighted by atomic mass is 35.5. The van der Waals surface area contributed by atoms with Gasteiger partial charge in [0, 0.05) is 23.1 Å². The number of hydrogen-bond donors (Lipinski definition) is 0. The van der Waals surface area contributed by atoms with E-state index in [0.717, 1.165) is 5.69 Å². The fourth-order valence-corrected chi connectivity index (χ4v) is 6.79. The Labute approximate surface area is 143 Å². The highest BCUT2D eigenvalue weighted by molar-refractivity contribution is 8.16. The minimum atomic E-state index is -3.07. The highest BCUT2D eigenvalue weighted by Crippen LogP contribution is 2.41. The molecule has 2 heterocycles. The van der Waals surface area contributed by atoms with E-state index in [0.29, 0.717) is 10.2 Å². The van der Waals surface area contributed by atoms with E-state index in [4.69, 9.17) is 16.3 Å². The van der Waals surface area contributed by atoms with Crippen molar-refractivity contribution in [1.82, 2.24) is 0 Å². The first-order valence-corrected chi connectivity index (χ1v) is 10.00. The van der Waals surface area contributed by atoms with E-state index in [9.17, 15) is 13.2 Å². The molecular formula is C14H15ClN2O4S2. The Kier molecular flexibility index (Phi) is 4.68. The standard InChI is InChI=1S/C14H15ClN2O4S2/c1-21-6-13(18)16-14-17(10-4-2-9(15)3-5-10)11-7-23(19,20)8-12(11)22-14/h2-5,11-12H,6-8H2,1H3/t11-,12+/m0/s1. The number of aliphatic imine (C=N–C) groups is 1. The number of rotatable bonds is 3. The minimum absolute atomic E-state index is 0.0603. The monoisotopic (exact) mass is 374 g/mol. The van der Waals surface area contributed by atoms with Crippen LogP contribution in [0.1, 0.15) is 0 Å². The third-order valence-electron chi connectivity index (χ3n) is 3.66. The Morgan fingerprint density at radius 1 is 1.39 bits per heavy atom. The zero-order chi connectivity index (χ0) is 16.6. The fraction of sp³-hybridized carbons (Fsp3) is 0.429. The van der Waals surface area contributed by atoms with Crippen LogP contribution in [-0.4, -0.2) is 56.0 Å². The molecule has 0 aliphatic carbocycles. The Morgan fingerprint density at radius 2 is 2.09 bits per heavy atom. The number of sulfone groups is 1. The van der Waals surface area contributed by atoms with Gasteiger partial charge in [-0.2, -0.15) is 4.99 Å². The molecule has 0 N–H and O–H groups in total. The van der Waals surface area contributed by atoms with Crippen molar-refractivity contribution in [2.45, 2.75) is 11.3 Å². The molecule has 1 aromatic rings. The van der Waals surface area contributed by atoms with Crippen LogP contribution in [0.4, 0.5) is 5.69 Å². The Balaban J connectivity index is 1.97. The summed E-state index contributed by atoms with van der Waals surface area (Å²) in [5.41, 5.74) is 0.774. The molecule has 2 aliphatic heterocycles. The van der Waals surface area contributed by atoms with E-state index in [2.05, 4.69) is 4.99 Å². The molecule has 2 atom stereocenters. The van der Waals surface area contributed by atoms with E-state index in [-0.39, 0.29) is 29.4 Å². The van der Waals surface area contributed by atoms with Crippen LogP contribution in [-0.2, 0) is 19.4 Å². The van der Waals surface area contributed by atoms with E-state index in [1.54, 1.807) is 24.3 Å². The summed E-state index contributed by atoms with van der Waals surface area (Å²) in [6.45, 7) is -0.105. The van der Waals surface area contributed by atoms with Gasteiger partial charge < -0.3 is 9.64 Å². The molecular weight excluding hydrogens is 360 g/mol. The van der Waals surface area contributed by atoms with Crippen molar-refractivity contribution in [3.05, 3.63) is 29.3 Å². The van der Waals surface area contributed by atoms with Crippen molar-refractivity contribution in [2.75, 3.05) is 30.1 Å². The van der Waals surface area contributed by atoms with Gasteiger partial charge in [0.05, 0.1) is 17.5 Å². The number of amidine groups is 1. The van der Waals surface area contributed by atoms with Gasteiger partial charge in [0.2, 0.25) is 0 Å². The second-order valence-electron chi connectivity index (χ2n) is 5.37. The van der Waals surface area contributed by atoms with Crippen molar-refractivity contribution < 1.29 is 17.9 Å². The van der Waals surface area contributed by atoms with E-state index < -0.39 is 15.7 Å². The lowest BCUT2D eigenvalue weighted by Gasteiger charge is -2.24. The van der Waals surface area contributed by atoms with Crippen LogP contribution in [0.3, 0.4) is 0 Å². The number of anilines is 1. The van der Waals surface area contributed by atoms with Gasteiger partial charge in [-0.25, -0.2) is 8.42 Å². The van der Waals surface area contributed by atoms with Gasteiger partial charge in [0.15, 0.2) is 15.0 Å². The van der Waals surface area contributed by atoms with Crippen LogP contribution in [0.15, 0.2) is 29.3 Å². The molecule has 3 rings (SSSR count). The summed E-state index contributed by atoms with van der Waals surface area (Å²) in [7, 11) is -1.64. The molecule has 1 aromatic carbocycles. The summed E-state index contributed by atoms with van der Waals surface area (Å²) in [5, 5.41) is 0.981. The van der Waals surface area contributed by atoms with Crippen molar-refractivity contribution in [3.63, 3.8) is 0 Å². The molecule has 6 nitrogen and oxygen atoms in total. The van der Waals surface area contributed by atoms with Crippen molar-refractivity contribution in [2.24, 2.45) is 4.99 Å². The molecule has 9 heteroatoms. The zero-order valence-corrected chi connectivity index (χ0v) is 14.7. The van der Waals surface area contributed by atoms with Crippen LogP contribution in [0.25, 0.3) is 0 Å². The van der Waals surface area contributed by atoms with Gasteiger partial charge >= 0.3 is 0 Å². The van der Waals surface area contributed by atoms with Crippen LogP contribution >= 0.6 is 23.4 Å². The van der Waals surface area contributed by atoms with Gasteiger partial charge in [0.1, 0.15) is 6.61 Å². The maximum atomic E-state index is 11.9. The normalized spacial score (nSPS) is 27.4. The highest BCUT2D eigenvalue weighted by Gasteiger charge is 2.49. The van der Waals surface area contributed by atoms with Crippen molar-refractivity contribution >= 4 is 50.0 Å². The average molecular weight is 375 g/mol. The van der Waals surface area contributed by atoms with Crippen LogP contribution in [0.5, 0.6) is 0 Å². The number of carbonyl (C=O) groups excluding carboxylic acids is 1. The predicted octanol–water partition coefficient (Wildman–Crippen LogP) is 1.59. The number of nitrogens with zero attached hydrogens (tertiary/aromatic N) is 2. The lowest BCUT2D eigenvalue weighted by Crippen LogP contribution is -2.37. The van der Waals surface area contributed by atoms with E-state index >= 15 is 0 Å². The third kappa shape index (κ3) is 3.55.